The monoisotopic (exact) mass is 297 g/mol. The summed E-state index contributed by atoms with van der Waals surface area (Å²) in [6.07, 6.45) is 1.66. The quantitative estimate of drug-likeness (QED) is 0.888. The number of nitrogens with zero attached hydrogens (tertiary/aromatic N) is 1. The second-order valence-corrected chi connectivity index (χ2v) is 6.61. The average molecular weight is 297 g/mol. The van der Waals surface area contributed by atoms with E-state index in [9.17, 15) is 5.11 Å². The van der Waals surface area contributed by atoms with E-state index in [2.05, 4.69) is 10.4 Å². The molecule has 6 heteroatoms. The zero-order valence-corrected chi connectivity index (χ0v) is 12.0. The van der Waals surface area contributed by atoms with Crippen LogP contribution in [0.2, 0.25) is 0 Å². The molecule has 4 nitrogen and oxygen atoms in total. The number of rotatable bonds is 6. The SMILES string of the molecule is OCC1(CSCc2csc(-c3ccco3)n2)COC1. The lowest BCUT2D eigenvalue weighted by Gasteiger charge is -2.39. The van der Waals surface area contributed by atoms with Gasteiger partial charge in [-0.3, -0.25) is 0 Å². The van der Waals surface area contributed by atoms with Crippen molar-refractivity contribution in [3.05, 3.63) is 29.5 Å². The number of ether oxygens (including phenoxy) is 1. The normalized spacial score (nSPS) is 17.3. The van der Waals surface area contributed by atoms with E-state index in [-0.39, 0.29) is 12.0 Å². The van der Waals surface area contributed by atoms with Gasteiger partial charge < -0.3 is 14.3 Å². The summed E-state index contributed by atoms with van der Waals surface area (Å²) >= 11 is 3.40. The number of hydrogen-bond donors (Lipinski definition) is 1. The van der Waals surface area contributed by atoms with E-state index < -0.39 is 0 Å². The van der Waals surface area contributed by atoms with Gasteiger partial charge in [-0.15, -0.1) is 11.3 Å². The van der Waals surface area contributed by atoms with Crippen molar-refractivity contribution in [2.75, 3.05) is 25.6 Å². The Labute approximate surface area is 119 Å². The molecule has 0 aromatic carbocycles. The maximum absolute atomic E-state index is 9.34. The molecule has 1 N–H and O–H groups in total. The first-order valence-electron chi connectivity index (χ1n) is 6.06. The topological polar surface area (TPSA) is 55.5 Å². The third kappa shape index (κ3) is 2.86. The first-order chi connectivity index (χ1) is 9.31. The lowest BCUT2D eigenvalue weighted by molar-refractivity contribution is -0.121. The van der Waals surface area contributed by atoms with Gasteiger partial charge in [0.05, 0.1) is 31.8 Å². The molecule has 0 saturated carbocycles. The van der Waals surface area contributed by atoms with E-state index in [1.54, 1.807) is 29.4 Å². The minimum absolute atomic E-state index is 0.0233. The standard InChI is InChI=1S/C13H15NO3S2/c15-6-13(7-16-8-13)9-18-4-10-5-19-12(14-10)11-2-1-3-17-11/h1-3,5,15H,4,6-9H2. The number of aliphatic hydroxyl groups excluding tert-OH is 1. The van der Waals surface area contributed by atoms with Crippen molar-refractivity contribution in [2.24, 2.45) is 5.41 Å². The Morgan fingerprint density at radius 1 is 1.47 bits per heavy atom. The summed E-state index contributed by atoms with van der Waals surface area (Å²) in [6.45, 7) is 1.55. The Balaban J connectivity index is 1.53. The van der Waals surface area contributed by atoms with Gasteiger partial charge in [-0.2, -0.15) is 11.8 Å². The van der Waals surface area contributed by atoms with Gasteiger partial charge in [-0.05, 0) is 12.1 Å². The van der Waals surface area contributed by atoms with Crippen LogP contribution in [0.25, 0.3) is 10.8 Å². The molecular formula is C13H15NO3S2. The van der Waals surface area contributed by atoms with Crippen LogP contribution < -0.4 is 0 Å². The van der Waals surface area contributed by atoms with Crippen molar-refractivity contribution >= 4 is 23.1 Å². The second-order valence-electron chi connectivity index (χ2n) is 4.77. The Kier molecular flexibility index (Phi) is 3.93. The lowest BCUT2D eigenvalue weighted by Crippen LogP contribution is -2.47. The van der Waals surface area contributed by atoms with Gasteiger partial charge in [0.1, 0.15) is 0 Å². The molecule has 1 saturated heterocycles. The zero-order valence-electron chi connectivity index (χ0n) is 10.4. The van der Waals surface area contributed by atoms with Gasteiger partial charge in [-0.1, -0.05) is 0 Å². The average Bonchev–Trinajstić information content (AvgIpc) is 3.02. The van der Waals surface area contributed by atoms with Crippen LogP contribution in [0, 0.1) is 5.41 Å². The molecule has 0 spiro atoms. The number of thiazole rings is 1. The Morgan fingerprint density at radius 3 is 3.00 bits per heavy atom. The molecule has 102 valence electrons. The molecule has 1 aliphatic heterocycles. The highest BCUT2D eigenvalue weighted by Crippen LogP contribution is 2.33. The van der Waals surface area contributed by atoms with Crippen LogP contribution in [0.1, 0.15) is 5.69 Å². The maximum Gasteiger partial charge on any atom is 0.162 e. The maximum atomic E-state index is 9.34. The Hall–Kier alpha value is -0.820. The third-order valence-corrected chi connectivity index (χ3v) is 5.32. The van der Waals surface area contributed by atoms with Crippen LogP contribution in [-0.2, 0) is 10.5 Å². The van der Waals surface area contributed by atoms with E-state index in [0.29, 0.717) is 13.2 Å². The predicted octanol–water partition coefficient (Wildman–Crippen LogP) is 2.65. The fourth-order valence-corrected chi connectivity index (χ4v) is 3.91. The highest BCUT2D eigenvalue weighted by Gasteiger charge is 2.37. The highest BCUT2D eigenvalue weighted by molar-refractivity contribution is 7.98. The molecule has 3 heterocycles. The van der Waals surface area contributed by atoms with E-state index in [1.165, 1.54) is 0 Å². The molecule has 0 atom stereocenters. The van der Waals surface area contributed by atoms with Gasteiger partial charge in [0, 0.05) is 22.3 Å². The minimum atomic E-state index is -0.0233. The number of hydrogen-bond acceptors (Lipinski definition) is 6. The van der Waals surface area contributed by atoms with Crippen LogP contribution in [-0.4, -0.2) is 35.7 Å². The van der Waals surface area contributed by atoms with Crippen LogP contribution >= 0.6 is 23.1 Å². The Bertz CT molecular complexity index is 514. The molecule has 2 aromatic heterocycles. The number of aliphatic hydroxyl groups is 1. The van der Waals surface area contributed by atoms with Gasteiger partial charge >= 0.3 is 0 Å². The van der Waals surface area contributed by atoms with E-state index in [0.717, 1.165) is 28.0 Å². The summed E-state index contributed by atoms with van der Waals surface area (Å²) in [5.41, 5.74) is 1.04. The molecule has 19 heavy (non-hydrogen) atoms. The van der Waals surface area contributed by atoms with Crippen molar-refractivity contribution in [3.63, 3.8) is 0 Å². The molecule has 0 radical (unpaired) electrons. The van der Waals surface area contributed by atoms with Crippen molar-refractivity contribution in [1.29, 1.82) is 0 Å². The molecule has 0 unspecified atom stereocenters. The largest absolute Gasteiger partial charge is 0.462 e. The zero-order chi connectivity index (χ0) is 13.1. The summed E-state index contributed by atoms with van der Waals surface area (Å²) in [6, 6.07) is 3.79. The second kappa shape index (κ2) is 5.66. The van der Waals surface area contributed by atoms with E-state index >= 15 is 0 Å². The minimum Gasteiger partial charge on any atom is -0.462 e. The fraction of sp³-hybridized carbons (Fsp3) is 0.462. The first kappa shape index (κ1) is 13.2. The highest BCUT2D eigenvalue weighted by atomic mass is 32.2. The van der Waals surface area contributed by atoms with E-state index in [4.69, 9.17) is 9.15 Å². The van der Waals surface area contributed by atoms with Crippen LogP contribution in [0.15, 0.2) is 28.2 Å². The van der Waals surface area contributed by atoms with Crippen molar-refractivity contribution in [1.82, 2.24) is 4.98 Å². The molecular weight excluding hydrogens is 282 g/mol. The van der Waals surface area contributed by atoms with Crippen LogP contribution in [0.3, 0.4) is 0 Å². The number of thioether (sulfide) groups is 1. The fourth-order valence-electron chi connectivity index (χ4n) is 1.87. The molecule has 1 fully saturated rings. The molecule has 1 aliphatic rings. The van der Waals surface area contributed by atoms with Gasteiger partial charge in [0.15, 0.2) is 10.8 Å². The summed E-state index contributed by atoms with van der Waals surface area (Å²) in [7, 11) is 0. The predicted molar refractivity (Wildman–Crippen MR) is 76.3 cm³/mol. The molecule has 3 rings (SSSR count). The van der Waals surface area contributed by atoms with Gasteiger partial charge in [0.25, 0.3) is 0 Å². The van der Waals surface area contributed by atoms with Crippen molar-refractivity contribution < 1.29 is 14.3 Å². The van der Waals surface area contributed by atoms with Crippen LogP contribution in [0.5, 0.6) is 0 Å². The van der Waals surface area contributed by atoms with Gasteiger partial charge in [-0.25, -0.2) is 4.98 Å². The number of furan rings is 1. The molecule has 0 bridgehead atoms. The molecule has 2 aromatic rings. The lowest BCUT2D eigenvalue weighted by atomic mass is 9.90. The van der Waals surface area contributed by atoms with E-state index in [1.807, 2.05) is 12.1 Å². The van der Waals surface area contributed by atoms with Crippen molar-refractivity contribution in [2.45, 2.75) is 5.75 Å². The summed E-state index contributed by atoms with van der Waals surface area (Å²) in [5.74, 6) is 2.59. The van der Waals surface area contributed by atoms with Crippen molar-refractivity contribution in [3.8, 4) is 10.8 Å². The summed E-state index contributed by atoms with van der Waals surface area (Å²) < 4.78 is 10.5. The molecule has 0 amide bonds. The van der Waals surface area contributed by atoms with Gasteiger partial charge in [0.2, 0.25) is 0 Å². The third-order valence-electron chi connectivity index (χ3n) is 3.09. The number of aromatic nitrogens is 1. The first-order valence-corrected chi connectivity index (χ1v) is 8.09. The smallest absolute Gasteiger partial charge is 0.162 e. The summed E-state index contributed by atoms with van der Waals surface area (Å²) in [5, 5.41) is 12.3. The summed E-state index contributed by atoms with van der Waals surface area (Å²) in [4.78, 5) is 4.55. The molecule has 0 aliphatic carbocycles. The van der Waals surface area contributed by atoms with Crippen LogP contribution in [0.4, 0.5) is 0 Å². The Morgan fingerprint density at radius 2 is 2.37 bits per heavy atom.